The van der Waals surface area contributed by atoms with Gasteiger partial charge < -0.3 is 9.47 Å². The monoisotopic (exact) mass is 334 g/mol. The van der Waals surface area contributed by atoms with Gasteiger partial charge in [0.2, 0.25) is 0 Å². The van der Waals surface area contributed by atoms with E-state index in [4.69, 9.17) is 9.47 Å². The Morgan fingerprint density at radius 1 is 1.00 bits per heavy atom. The van der Waals surface area contributed by atoms with E-state index in [1.807, 2.05) is 26.0 Å². The lowest BCUT2D eigenvalue weighted by Crippen LogP contribution is -2.14. The largest absolute Gasteiger partial charge is 0.496 e. The highest BCUT2D eigenvalue weighted by atomic mass is 32.2. The van der Waals surface area contributed by atoms with Crippen LogP contribution in [-0.4, -0.2) is 28.4 Å². The summed E-state index contributed by atoms with van der Waals surface area (Å²) in [5.74, 6) is 1.20. The van der Waals surface area contributed by atoms with E-state index in [0.717, 1.165) is 16.9 Å². The number of aryl methyl sites for hydroxylation is 1. The van der Waals surface area contributed by atoms with Gasteiger partial charge in [-0.25, -0.2) is 8.42 Å². The predicted octanol–water partition coefficient (Wildman–Crippen LogP) is 3.59. The van der Waals surface area contributed by atoms with Crippen molar-refractivity contribution in [3.63, 3.8) is 0 Å². The minimum atomic E-state index is -3.36. The van der Waals surface area contributed by atoms with Gasteiger partial charge in [0.1, 0.15) is 11.5 Å². The summed E-state index contributed by atoms with van der Waals surface area (Å²) < 4.78 is 35.9. The van der Waals surface area contributed by atoms with Crippen molar-refractivity contribution in [3.05, 3.63) is 53.6 Å². The van der Waals surface area contributed by atoms with Gasteiger partial charge in [-0.05, 0) is 42.7 Å². The summed E-state index contributed by atoms with van der Waals surface area (Å²) in [6.45, 7) is 3.81. The zero-order valence-corrected chi connectivity index (χ0v) is 14.7. The van der Waals surface area contributed by atoms with E-state index in [0.29, 0.717) is 10.6 Å². The minimum absolute atomic E-state index is 0.0135. The molecule has 0 unspecified atom stereocenters. The third-order valence-electron chi connectivity index (χ3n) is 3.85. The van der Waals surface area contributed by atoms with E-state index >= 15 is 0 Å². The zero-order valence-electron chi connectivity index (χ0n) is 13.9. The van der Waals surface area contributed by atoms with Crippen LogP contribution in [0.2, 0.25) is 0 Å². The fourth-order valence-corrected chi connectivity index (χ4v) is 4.20. The van der Waals surface area contributed by atoms with Gasteiger partial charge in [0.25, 0.3) is 0 Å². The summed E-state index contributed by atoms with van der Waals surface area (Å²) in [6.07, 6.45) is 0. The molecule has 0 heterocycles. The zero-order chi connectivity index (χ0) is 17.0. The maximum atomic E-state index is 12.6. The summed E-state index contributed by atoms with van der Waals surface area (Å²) >= 11 is 0. The molecule has 2 aromatic rings. The average Bonchev–Trinajstić information content (AvgIpc) is 2.54. The average molecular weight is 334 g/mol. The Balaban J connectivity index is 2.36. The number of hydrogen-bond donors (Lipinski definition) is 0. The molecule has 0 radical (unpaired) electrons. The lowest BCUT2D eigenvalue weighted by atomic mass is 9.99. The van der Waals surface area contributed by atoms with Crippen molar-refractivity contribution in [1.29, 1.82) is 0 Å². The second-order valence-corrected chi connectivity index (χ2v) is 7.59. The first-order valence-electron chi connectivity index (χ1n) is 7.39. The smallest absolute Gasteiger partial charge is 0.178 e. The molecule has 0 amide bonds. The van der Waals surface area contributed by atoms with Crippen molar-refractivity contribution in [1.82, 2.24) is 0 Å². The van der Waals surface area contributed by atoms with E-state index in [1.165, 1.54) is 0 Å². The fraction of sp³-hybridized carbons (Fsp3) is 0.333. The van der Waals surface area contributed by atoms with Gasteiger partial charge in [-0.15, -0.1) is 0 Å². The molecule has 0 aliphatic heterocycles. The number of rotatable bonds is 6. The number of benzene rings is 2. The van der Waals surface area contributed by atoms with Crippen LogP contribution in [-0.2, 0) is 9.84 Å². The number of sulfone groups is 1. The van der Waals surface area contributed by atoms with Crippen LogP contribution < -0.4 is 9.47 Å². The lowest BCUT2D eigenvalue weighted by Gasteiger charge is -2.18. The van der Waals surface area contributed by atoms with Crippen LogP contribution >= 0.6 is 0 Å². The molecule has 5 heteroatoms. The molecular weight excluding hydrogens is 312 g/mol. The van der Waals surface area contributed by atoms with Crippen LogP contribution in [0.4, 0.5) is 0 Å². The SMILES string of the molecule is COc1cc([C@@H](C)CS(=O)(=O)c2ccccc2)c(OC)cc1C. The molecule has 0 saturated heterocycles. The molecule has 2 aromatic carbocycles. The first-order chi connectivity index (χ1) is 10.9. The first kappa shape index (κ1) is 17.3. The van der Waals surface area contributed by atoms with Crippen LogP contribution in [0, 0.1) is 6.92 Å². The highest BCUT2D eigenvalue weighted by Crippen LogP contribution is 2.34. The molecule has 0 bridgehead atoms. The van der Waals surface area contributed by atoms with Crippen molar-refractivity contribution < 1.29 is 17.9 Å². The molecule has 0 saturated carbocycles. The van der Waals surface area contributed by atoms with Gasteiger partial charge in [-0.2, -0.15) is 0 Å². The summed E-state index contributed by atoms with van der Waals surface area (Å²) in [5, 5.41) is 0. The molecule has 1 atom stereocenters. The lowest BCUT2D eigenvalue weighted by molar-refractivity contribution is 0.394. The van der Waals surface area contributed by atoms with Gasteiger partial charge >= 0.3 is 0 Å². The van der Waals surface area contributed by atoms with Crippen molar-refractivity contribution in [2.24, 2.45) is 0 Å². The Morgan fingerprint density at radius 3 is 2.17 bits per heavy atom. The standard InChI is InChI=1S/C18H22O4S/c1-13-10-18(22-4)16(11-17(13)21-3)14(2)12-23(19,20)15-8-6-5-7-9-15/h5-11,14H,12H2,1-4H3/t14-/m0/s1. The van der Waals surface area contributed by atoms with E-state index < -0.39 is 9.84 Å². The molecule has 124 valence electrons. The van der Waals surface area contributed by atoms with Crippen molar-refractivity contribution in [3.8, 4) is 11.5 Å². The molecule has 23 heavy (non-hydrogen) atoms. The number of methoxy groups -OCH3 is 2. The van der Waals surface area contributed by atoms with Crippen LogP contribution in [0.15, 0.2) is 47.4 Å². The van der Waals surface area contributed by atoms with E-state index in [-0.39, 0.29) is 11.7 Å². The van der Waals surface area contributed by atoms with E-state index in [2.05, 4.69) is 0 Å². The second kappa shape index (κ2) is 7.04. The quantitative estimate of drug-likeness (QED) is 0.810. The van der Waals surface area contributed by atoms with Crippen molar-refractivity contribution in [2.75, 3.05) is 20.0 Å². The summed E-state index contributed by atoms with van der Waals surface area (Å²) in [5.41, 5.74) is 1.78. The maximum absolute atomic E-state index is 12.6. The molecule has 2 rings (SSSR count). The summed E-state index contributed by atoms with van der Waals surface area (Å²) in [6, 6.07) is 12.2. The highest BCUT2D eigenvalue weighted by Gasteiger charge is 2.22. The Morgan fingerprint density at radius 2 is 1.61 bits per heavy atom. The Labute approximate surface area is 138 Å². The Hall–Kier alpha value is -2.01. The third kappa shape index (κ3) is 3.85. The normalized spacial score (nSPS) is 12.7. The molecule has 0 spiro atoms. The molecule has 0 fully saturated rings. The molecule has 0 aliphatic carbocycles. The van der Waals surface area contributed by atoms with Gasteiger partial charge in [0.05, 0.1) is 24.9 Å². The molecule has 0 aliphatic rings. The van der Waals surface area contributed by atoms with Crippen molar-refractivity contribution >= 4 is 9.84 Å². The molecule has 0 aromatic heterocycles. The van der Waals surface area contributed by atoms with Crippen LogP contribution in [0.5, 0.6) is 11.5 Å². The molecule has 4 nitrogen and oxygen atoms in total. The fourth-order valence-electron chi connectivity index (χ4n) is 2.60. The van der Waals surface area contributed by atoms with Crippen molar-refractivity contribution in [2.45, 2.75) is 24.7 Å². The number of ether oxygens (including phenoxy) is 2. The van der Waals surface area contributed by atoms with E-state index in [1.54, 1.807) is 44.6 Å². The van der Waals surface area contributed by atoms with Gasteiger partial charge in [-0.1, -0.05) is 25.1 Å². The highest BCUT2D eigenvalue weighted by molar-refractivity contribution is 7.91. The minimum Gasteiger partial charge on any atom is -0.496 e. The van der Waals surface area contributed by atoms with Gasteiger partial charge in [0.15, 0.2) is 9.84 Å². The third-order valence-corrected chi connectivity index (χ3v) is 5.78. The molecule has 0 N–H and O–H groups in total. The Bertz CT molecular complexity index is 767. The Kier molecular flexibility index (Phi) is 5.31. The second-order valence-electron chi connectivity index (χ2n) is 5.56. The van der Waals surface area contributed by atoms with E-state index in [9.17, 15) is 8.42 Å². The summed E-state index contributed by atoms with van der Waals surface area (Å²) in [4.78, 5) is 0.338. The van der Waals surface area contributed by atoms with Crippen LogP contribution in [0.1, 0.15) is 24.0 Å². The van der Waals surface area contributed by atoms with Crippen LogP contribution in [0.3, 0.4) is 0 Å². The maximum Gasteiger partial charge on any atom is 0.178 e. The predicted molar refractivity (Wildman–Crippen MR) is 91.2 cm³/mol. The first-order valence-corrected chi connectivity index (χ1v) is 9.04. The van der Waals surface area contributed by atoms with Gasteiger partial charge in [0, 0.05) is 5.56 Å². The summed E-state index contributed by atoms with van der Waals surface area (Å²) in [7, 11) is -0.171. The topological polar surface area (TPSA) is 52.6 Å². The molecular formula is C18H22O4S. The van der Waals surface area contributed by atoms with Gasteiger partial charge in [-0.3, -0.25) is 0 Å². The number of hydrogen-bond acceptors (Lipinski definition) is 4. The van der Waals surface area contributed by atoms with Crippen LogP contribution in [0.25, 0.3) is 0 Å².